The second kappa shape index (κ2) is 4.02. The SMILES string of the molecule is [B]=C(C)CC1(C=O)CCCCC1. The Labute approximate surface area is 75.6 Å². The van der Waals surface area contributed by atoms with Crippen molar-refractivity contribution in [2.75, 3.05) is 0 Å². The molecule has 0 spiro atoms. The van der Waals surface area contributed by atoms with Crippen LogP contribution in [0.4, 0.5) is 0 Å². The zero-order valence-electron chi connectivity index (χ0n) is 7.81. The Hall–Kier alpha value is -0.395. The Kier molecular flexibility index (Phi) is 3.24. The molecular formula is C10H16BO. The van der Waals surface area contributed by atoms with Gasteiger partial charge in [0.05, 0.1) is 0 Å². The summed E-state index contributed by atoms with van der Waals surface area (Å²) < 4.78 is 0. The van der Waals surface area contributed by atoms with Gasteiger partial charge in [-0.2, -0.15) is 0 Å². The van der Waals surface area contributed by atoms with Crippen molar-refractivity contribution in [1.82, 2.24) is 0 Å². The number of carbonyl (C=O) groups is 1. The molecule has 2 heteroatoms. The molecule has 0 atom stereocenters. The van der Waals surface area contributed by atoms with Crippen LogP contribution in [0, 0.1) is 5.41 Å². The van der Waals surface area contributed by atoms with E-state index in [1.165, 1.54) is 19.3 Å². The number of rotatable bonds is 3. The molecule has 0 heterocycles. The van der Waals surface area contributed by atoms with E-state index in [1.54, 1.807) is 0 Å². The molecule has 0 saturated heterocycles. The van der Waals surface area contributed by atoms with Crippen LogP contribution in [-0.4, -0.2) is 19.2 Å². The zero-order valence-corrected chi connectivity index (χ0v) is 7.81. The first-order chi connectivity index (χ1) is 5.68. The number of hydrogen-bond donors (Lipinski definition) is 0. The summed E-state index contributed by atoms with van der Waals surface area (Å²) in [4.78, 5) is 10.9. The Balaban J connectivity index is 2.59. The van der Waals surface area contributed by atoms with Crippen LogP contribution in [0.1, 0.15) is 45.4 Å². The van der Waals surface area contributed by atoms with Gasteiger partial charge < -0.3 is 0 Å². The Bertz CT molecular complexity index is 180. The second-order valence-corrected chi connectivity index (χ2v) is 4.06. The standard InChI is InChI=1S/C10H16BO/c1-9(11)7-10(8-12)5-3-2-4-6-10/h8H,2-7H2,1H3. The molecule has 1 nitrogen and oxygen atoms in total. The monoisotopic (exact) mass is 163 g/mol. The summed E-state index contributed by atoms with van der Waals surface area (Å²) in [6.07, 6.45) is 7.63. The second-order valence-electron chi connectivity index (χ2n) is 4.06. The van der Waals surface area contributed by atoms with E-state index in [2.05, 4.69) is 0 Å². The number of hydrogen-bond acceptors (Lipinski definition) is 1. The summed E-state index contributed by atoms with van der Waals surface area (Å²) in [5, 5.41) is 0. The molecule has 1 aliphatic rings. The van der Waals surface area contributed by atoms with Crippen LogP contribution in [0.3, 0.4) is 0 Å². The predicted octanol–water partition coefficient (Wildman–Crippen LogP) is 1.89. The van der Waals surface area contributed by atoms with Crippen molar-refractivity contribution in [3.63, 3.8) is 0 Å². The normalized spacial score (nSPS) is 21.7. The van der Waals surface area contributed by atoms with E-state index in [0.717, 1.165) is 31.0 Å². The maximum atomic E-state index is 10.9. The van der Waals surface area contributed by atoms with Crippen molar-refractivity contribution < 1.29 is 4.79 Å². The van der Waals surface area contributed by atoms with Crippen LogP contribution in [0.15, 0.2) is 0 Å². The fourth-order valence-corrected chi connectivity index (χ4v) is 2.15. The maximum absolute atomic E-state index is 10.9. The number of aldehydes is 1. The van der Waals surface area contributed by atoms with E-state index >= 15 is 0 Å². The fraction of sp³-hybridized carbons (Fsp3) is 0.800. The molecule has 1 radical (unpaired) electrons. The predicted molar refractivity (Wildman–Crippen MR) is 52.6 cm³/mol. The molecular weight excluding hydrogens is 147 g/mol. The Morgan fingerprint density at radius 1 is 1.42 bits per heavy atom. The van der Waals surface area contributed by atoms with Crippen LogP contribution >= 0.6 is 0 Å². The van der Waals surface area contributed by atoms with Gasteiger partial charge in [0.2, 0.25) is 0 Å². The average Bonchev–Trinajstić information content (AvgIpc) is 2.05. The zero-order chi connectivity index (χ0) is 9.03. The summed E-state index contributed by atoms with van der Waals surface area (Å²) >= 11 is 0. The molecule has 0 amide bonds. The van der Waals surface area contributed by atoms with Crippen LogP contribution in [0.5, 0.6) is 0 Å². The summed E-state index contributed by atoms with van der Waals surface area (Å²) in [7, 11) is 5.64. The molecule has 1 aliphatic carbocycles. The van der Waals surface area contributed by atoms with Gasteiger partial charge in [0, 0.05) is 0 Å². The molecule has 0 aliphatic heterocycles. The molecule has 0 bridgehead atoms. The van der Waals surface area contributed by atoms with Crippen molar-refractivity contribution in [3.8, 4) is 0 Å². The molecule has 12 heavy (non-hydrogen) atoms. The number of carbonyl (C=O) groups excluding carboxylic acids is 1. The van der Waals surface area contributed by atoms with Crippen molar-refractivity contribution >= 4 is 19.2 Å². The Morgan fingerprint density at radius 2 is 2.00 bits per heavy atom. The van der Waals surface area contributed by atoms with E-state index in [0.29, 0.717) is 0 Å². The minimum atomic E-state index is -0.100. The third-order valence-corrected chi connectivity index (χ3v) is 2.73. The molecule has 0 unspecified atom stereocenters. The first kappa shape index (κ1) is 9.69. The topological polar surface area (TPSA) is 17.1 Å². The molecule has 1 rings (SSSR count). The van der Waals surface area contributed by atoms with Gasteiger partial charge in [0.25, 0.3) is 0 Å². The van der Waals surface area contributed by atoms with Crippen LogP contribution in [-0.2, 0) is 4.79 Å². The first-order valence-electron chi connectivity index (χ1n) is 4.73. The molecule has 0 N–H and O–H groups in total. The van der Waals surface area contributed by atoms with Crippen LogP contribution in [0.2, 0.25) is 0 Å². The van der Waals surface area contributed by atoms with E-state index in [-0.39, 0.29) is 5.41 Å². The van der Waals surface area contributed by atoms with Gasteiger partial charge in [-0.15, -0.1) is 0 Å². The third kappa shape index (κ3) is 2.29. The van der Waals surface area contributed by atoms with Crippen molar-refractivity contribution in [2.45, 2.75) is 45.4 Å². The van der Waals surface area contributed by atoms with E-state index in [4.69, 9.17) is 7.49 Å². The van der Waals surface area contributed by atoms with E-state index in [9.17, 15) is 4.79 Å². The van der Waals surface area contributed by atoms with Gasteiger partial charge in [0.1, 0.15) is 0 Å². The molecule has 1 fully saturated rings. The molecule has 65 valence electrons. The summed E-state index contributed by atoms with van der Waals surface area (Å²) in [5.74, 6) is 0. The molecule has 0 aromatic rings. The van der Waals surface area contributed by atoms with E-state index < -0.39 is 0 Å². The van der Waals surface area contributed by atoms with Crippen molar-refractivity contribution in [3.05, 3.63) is 0 Å². The van der Waals surface area contributed by atoms with Gasteiger partial charge in [-0.05, 0) is 0 Å². The van der Waals surface area contributed by atoms with Gasteiger partial charge in [-0.1, -0.05) is 0 Å². The molecule has 0 aromatic carbocycles. The third-order valence-electron chi connectivity index (χ3n) is 2.73. The minimum absolute atomic E-state index is 0.100. The molecule has 1 saturated carbocycles. The van der Waals surface area contributed by atoms with Gasteiger partial charge >= 0.3 is 74.9 Å². The van der Waals surface area contributed by atoms with Crippen molar-refractivity contribution in [2.24, 2.45) is 5.41 Å². The van der Waals surface area contributed by atoms with Crippen LogP contribution in [0.25, 0.3) is 0 Å². The Morgan fingerprint density at radius 3 is 2.42 bits per heavy atom. The van der Waals surface area contributed by atoms with Crippen LogP contribution < -0.4 is 0 Å². The molecule has 0 aromatic heterocycles. The summed E-state index contributed by atoms with van der Waals surface area (Å²) in [6.45, 7) is 1.90. The summed E-state index contributed by atoms with van der Waals surface area (Å²) in [5.41, 5.74) is 0.792. The summed E-state index contributed by atoms with van der Waals surface area (Å²) in [6, 6.07) is 0. The van der Waals surface area contributed by atoms with Gasteiger partial charge in [-0.25, -0.2) is 0 Å². The van der Waals surface area contributed by atoms with Crippen molar-refractivity contribution in [1.29, 1.82) is 0 Å². The van der Waals surface area contributed by atoms with Gasteiger partial charge in [-0.3, -0.25) is 0 Å². The average molecular weight is 163 g/mol. The fourth-order valence-electron chi connectivity index (χ4n) is 2.15. The van der Waals surface area contributed by atoms with E-state index in [1.807, 2.05) is 6.92 Å². The first-order valence-corrected chi connectivity index (χ1v) is 4.73. The quantitative estimate of drug-likeness (QED) is 0.458. The van der Waals surface area contributed by atoms with Gasteiger partial charge in [0.15, 0.2) is 0 Å².